The van der Waals surface area contributed by atoms with Crippen LogP contribution in [0.25, 0.3) is 11.1 Å². The van der Waals surface area contributed by atoms with Gasteiger partial charge >= 0.3 is 0 Å². The molecule has 0 radical (unpaired) electrons. The van der Waals surface area contributed by atoms with Gasteiger partial charge in [-0.05, 0) is 59.7 Å². The summed E-state index contributed by atoms with van der Waals surface area (Å²) in [7, 11) is 1.43. The molecule has 0 aliphatic carbocycles. The van der Waals surface area contributed by atoms with E-state index in [4.69, 9.17) is 4.74 Å². The van der Waals surface area contributed by atoms with E-state index < -0.39 is 45.6 Å². The molecule has 0 saturated heterocycles. The molecular weight excluding hydrogens is 594 g/mol. The van der Waals surface area contributed by atoms with Crippen molar-refractivity contribution in [3.05, 3.63) is 137 Å². The van der Waals surface area contributed by atoms with Crippen LogP contribution in [0.3, 0.4) is 0 Å². The van der Waals surface area contributed by atoms with E-state index in [-0.39, 0.29) is 10.5 Å². The normalized spacial score (nSPS) is 11.0. The second-order valence-electron chi connectivity index (χ2n) is 8.83. The lowest BCUT2D eigenvalue weighted by Gasteiger charge is -2.14. The Morgan fingerprint density at radius 2 is 1.26 bits per heavy atom. The van der Waals surface area contributed by atoms with E-state index >= 15 is 0 Å². The molecule has 0 aromatic heterocycles. The third kappa shape index (κ3) is 5.91. The van der Waals surface area contributed by atoms with Crippen molar-refractivity contribution in [1.82, 2.24) is 0 Å². The number of halogens is 6. The van der Waals surface area contributed by atoms with E-state index in [1.165, 1.54) is 43.1 Å². The van der Waals surface area contributed by atoms with Crippen molar-refractivity contribution in [2.75, 3.05) is 7.11 Å². The van der Waals surface area contributed by atoms with Gasteiger partial charge in [0.25, 0.3) is 0 Å². The maximum absolute atomic E-state index is 14.5. The van der Waals surface area contributed by atoms with E-state index in [0.717, 1.165) is 4.90 Å². The Balaban J connectivity index is 1.44. The molecule has 0 amide bonds. The highest BCUT2D eigenvalue weighted by molar-refractivity contribution is 7.99. The van der Waals surface area contributed by atoms with Crippen LogP contribution in [0.4, 0.5) is 26.3 Å². The van der Waals surface area contributed by atoms with Gasteiger partial charge in [-0.25, -0.2) is 26.3 Å². The Morgan fingerprint density at radius 1 is 0.643 bits per heavy atom. The van der Waals surface area contributed by atoms with E-state index in [1.807, 2.05) is 0 Å². The van der Waals surface area contributed by atoms with Crippen molar-refractivity contribution >= 4 is 29.3 Å². The van der Waals surface area contributed by atoms with Crippen LogP contribution in [0.1, 0.15) is 15.9 Å². The first kappa shape index (κ1) is 29.3. The summed E-state index contributed by atoms with van der Waals surface area (Å²) in [5.41, 5.74) is 1.30. The number of ketones is 1. The van der Waals surface area contributed by atoms with Crippen LogP contribution < -0.4 is 4.74 Å². The van der Waals surface area contributed by atoms with E-state index in [0.29, 0.717) is 39.1 Å². The molecule has 0 atom stereocenters. The van der Waals surface area contributed by atoms with Crippen LogP contribution in [0.15, 0.2) is 111 Å². The minimum Gasteiger partial charge on any atom is -0.497 e. The number of methoxy groups -OCH3 is 1. The summed E-state index contributed by atoms with van der Waals surface area (Å²) in [6, 6.07) is 24.1. The zero-order valence-corrected chi connectivity index (χ0v) is 23.2. The molecule has 42 heavy (non-hydrogen) atoms. The molecule has 212 valence electrons. The second kappa shape index (κ2) is 12.4. The minimum atomic E-state index is -2.23. The molecule has 0 bridgehead atoms. The zero-order valence-electron chi connectivity index (χ0n) is 21.6. The Hall–Kier alpha value is -4.15. The van der Waals surface area contributed by atoms with Gasteiger partial charge in [-0.1, -0.05) is 66.0 Å². The molecule has 0 saturated carbocycles. The number of ether oxygens (including phenoxy) is 1. The van der Waals surface area contributed by atoms with Crippen LogP contribution in [0.5, 0.6) is 5.75 Å². The third-order valence-electron chi connectivity index (χ3n) is 6.19. The van der Waals surface area contributed by atoms with Gasteiger partial charge in [-0.3, -0.25) is 4.79 Å². The predicted molar refractivity (Wildman–Crippen MR) is 149 cm³/mol. The Labute approximate surface area is 245 Å². The lowest BCUT2D eigenvalue weighted by molar-refractivity contribution is 0.103. The van der Waals surface area contributed by atoms with Crippen molar-refractivity contribution in [2.45, 2.75) is 19.6 Å². The average Bonchev–Trinajstić information content (AvgIpc) is 3.02. The quantitative estimate of drug-likeness (QED) is 0.0755. The fourth-order valence-electron chi connectivity index (χ4n) is 4.06. The maximum atomic E-state index is 14.5. The lowest BCUT2D eigenvalue weighted by Crippen LogP contribution is -2.04. The fraction of sp³-hybridized carbons (Fsp3) is 0.0312. The molecule has 5 aromatic carbocycles. The Bertz CT molecular complexity index is 1770. The molecule has 0 spiro atoms. The van der Waals surface area contributed by atoms with E-state index in [2.05, 4.69) is 0 Å². The first-order valence-corrected chi connectivity index (χ1v) is 13.9. The van der Waals surface area contributed by atoms with Gasteiger partial charge in [0.2, 0.25) is 5.82 Å². The molecule has 5 aromatic rings. The lowest BCUT2D eigenvalue weighted by atomic mass is 10.0. The van der Waals surface area contributed by atoms with E-state index in [9.17, 15) is 31.1 Å². The second-order valence-corrected chi connectivity index (χ2v) is 11.0. The van der Waals surface area contributed by atoms with Gasteiger partial charge in [0.05, 0.1) is 17.6 Å². The van der Waals surface area contributed by atoms with Crippen molar-refractivity contribution in [3.8, 4) is 16.9 Å². The van der Waals surface area contributed by atoms with Gasteiger partial charge in [0.1, 0.15) is 11.6 Å². The first-order chi connectivity index (χ1) is 20.2. The average molecular weight is 613 g/mol. The molecule has 2 nitrogen and oxygen atoms in total. The summed E-state index contributed by atoms with van der Waals surface area (Å²) in [5.74, 6) is -10.8. The van der Waals surface area contributed by atoms with Gasteiger partial charge in [0.15, 0.2) is 29.1 Å². The molecule has 0 heterocycles. The summed E-state index contributed by atoms with van der Waals surface area (Å²) >= 11 is 1.69. The molecule has 5 rings (SSSR count). The van der Waals surface area contributed by atoms with Crippen LogP contribution in [0.2, 0.25) is 0 Å². The van der Waals surface area contributed by atoms with Crippen LogP contribution in [-0.2, 0) is 0 Å². The predicted octanol–water partition coefficient (Wildman–Crippen LogP) is 9.73. The number of carbonyl (C=O) groups is 1. The monoisotopic (exact) mass is 612 g/mol. The van der Waals surface area contributed by atoms with Crippen LogP contribution in [-0.4, -0.2) is 12.9 Å². The maximum Gasteiger partial charge on any atom is 0.200 e. The molecule has 0 aliphatic rings. The first-order valence-electron chi connectivity index (χ1n) is 12.2. The molecular formula is C32H18F6O2S2. The molecule has 0 N–H and O–H groups in total. The van der Waals surface area contributed by atoms with E-state index in [1.54, 1.807) is 66.7 Å². The fourth-order valence-corrected chi connectivity index (χ4v) is 5.92. The smallest absolute Gasteiger partial charge is 0.200 e. The Kier molecular flexibility index (Phi) is 8.65. The molecule has 10 heteroatoms. The number of hydrogen-bond acceptors (Lipinski definition) is 4. The van der Waals surface area contributed by atoms with Gasteiger partial charge < -0.3 is 4.74 Å². The summed E-state index contributed by atoms with van der Waals surface area (Å²) in [4.78, 5) is 13.4. The van der Waals surface area contributed by atoms with Crippen molar-refractivity contribution < 1.29 is 35.9 Å². The molecule has 0 unspecified atom stereocenters. The van der Waals surface area contributed by atoms with Crippen molar-refractivity contribution in [3.63, 3.8) is 0 Å². The van der Waals surface area contributed by atoms with Gasteiger partial charge in [-0.2, -0.15) is 0 Å². The number of hydrogen-bond donors (Lipinski definition) is 0. The third-order valence-corrected chi connectivity index (χ3v) is 8.32. The van der Waals surface area contributed by atoms with Gasteiger partial charge in [0, 0.05) is 20.2 Å². The number of benzene rings is 5. The van der Waals surface area contributed by atoms with Crippen molar-refractivity contribution in [2.24, 2.45) is 0 Å². The van der Waals surface area contributed by atoms with Crippen molar-refractivity contribution in [1.29, 1.82) is 0 Å². The SMILES string of the molecule is COc1ccc(Sc2c(F)c(F)c(F)c(F)c2F)c(-c2ccc(Sc3ccc(F)c(C(=O)c4ccccc4)c3)cc2)c1. The highest BCUT2D eigenvalue weighted by Crippen LogP contribution is 2.42. The topological polar surface area (TPSA) is 26.3 Å². The minimum absolute atomic E-state index is 0.0611. The molecule has 0 aliphatic heterocycles. The standard InChI is InChI=1S/C32H18F6O2S2/c1-40-19-9-14-25(42-32-29(37)27(35)26(34)28(36)30(32)38)22(15-19)17-7-10-20(11-8-17)41-21-12-13-24(33)23(16-21)31(39)18-5-3-2-4-6-18/h2-16H,1H3. The zero-order chi connectivity index (χ0) is 30.0. The Morgan fingerprint density at radius 3 is 1.90 bits per heavy atom. The summed E-state index contributed by atoms with van der Waals surface area (Å²) in [6.45, 7) is 0. The number of rotatable bonds is 8. The van der Waals surface area contributed by atoms with Gasteiger partial charge in [-0.15, -0.1) is 0 Å². The van der Waals surface area contributed by atoms with Crippen LogP contribution >= 0.6 is 23.5 Å². The number of carbonyl (C=O) groups excluding carboxylic acids is 1. The molecule has 0 fully saturated rings. The highest BCUT2D eigenvalue weighted by atomic mass is 32.2. The highest BCUT2D eigenvalue weighted by Gasteiger charge is 2.27. The summed E-state index contributed by atoms with van der Waals surface area (Å²) in [5, 5.41) is 0. The van der Waals surface area contributed by atoms with Crippen LogP contribution in [0, 0.1) is 34.9 Å². The summed E-state index contributed by atoms with van der Waals surface area (Å²) in [6.07, 6.45) is 0. The largest absolute Gasteiger partial charge is 0.497 e. The summed E-state index contributed by atoms with van der Waals surface area (Å²) < 4.78 is 89.8.